The van der Waals surface area contributed by atoms with Crippen molar-refractivity contribution in [3.63, 3.8) is 0 Å². The second kappa shape index (κ2) is 6.97. The average molecular weight is 249 g/mol. The molecule has 2 rings (SSSR count). The van der Waals surface area contributed by atoms with Crippen LogP contribution in [0, 0.1) is 5.92 Å². The molecular formula is C15H23NS. The zero-order chi connectivity index (χ0) is 11.9. The Labute approximate surface area is 109 Å². The Hall–Kier alpha value is -0.600. The minimum absolute atomic E-state index is 0.599. The Morgan fingerprint density at radius 2 is 2.29 bits per heavy atom. The third-order valence-electron chi connectivity index (χ3n) is 3.67. The van der Waals surface area contributed by atoms with Gasteiger partial charge in [-0.3, -0.25) is 0 Å². The van der Waals surface area contributed by atoms with Crippen LogP contribution in [0.25, 0.3) is 0 Å². The van der Waals surface area contributed by atoms with E-state index in [9.17, 15) is 0 Å². The molecule has 0 amide bonds. The predicted octanol–water partition coefficient (Wildman–Crippen LogP) is 4.54. The molecule has 94 valence electrons. The van der Waals surface area contributed by atoms with Crippen molar-refractivity contribution in [2.75, 3.05) is 6.54 Å². The Kier molecular flexibility index (Phi) is 5.27. The number of hydrogen-bond donors (Lipinski definition) is 1. The first-order valence-electron chi connectivity index (χ1n) is 6.79. The smallest absolute Gasteiger partial charge is 0.0443 e. The van der Waals surface area contributed by atoms with Gasteiger partial charge in [0.05, 0.1) is 0 Å². The molecule has 0 saturated heterocycles. The van der Waals surface area contributed by atoms with Crippen LogP contribution in [0.15, 0.2) is 30.2 Å². The van der Waals surface area contributed by atoms with Crippen LogP contribution in [0.2, 0.25) is 0 Å². The van der Waals surface area contributed by atoms with Gasteiger partial charge >= 0.3 is 0 Å². The fraction of sp³-hybridized carbons (Fsp3) is 0.600. The lowest BCUT2D eigenvalue weighted by atomic mass is 9.96. The molecule has 1 N–H and O–H groups in total. The first kappa shape index (κ1) is 12.8. The minimum Gasteiger partial charge on any atom is -0.309 e. The van der Waals surface area contributed by atoms with Crippen molar-refractivity contribution in [3.05, 3.63) is 35.0 Å². The molecule has 2 heteroatoms. The Bertz CT molecular complexity index is 312. The van der Waals surface area contributed by atoms with E-state index in [1.165, 1.54) is 37.0 Å². The van der Waals surface area contributed by atoms with Gasteiger partial charge in [-0.2, -0.15) is 0 Å². The first-order valence-corrected chi connectivity index (χ1v) is 7.67. The molecule has 0 spiro atoms. The van der Waals surface area contributed by atoms with E-state index in [0.717, 1.165) is 18.9 Å². The molecular weight excluding hydrogens is 226 g/mol. The number of thiophene rings is 1. The second-order valence-corrected chi connectivity index (χ2v) is 5.90. The average Bonchev–Trinajstić information content (AvgIpc) is 3.02. The summed E-state index contributed by atoms with van der Waals surface area (Å²) < 4.78 is 0. The van der Waals surface area contributed by atoms with Gasteiger partial charge in [0.15, 0.2) is 0 Å². The van der Waals surface area contributed by atoms with E-state index in [2.05, 4.69) is 29.4 Å². The van der Waals surface area contributed by atoms with Gasteiger partial charge in [0.25, 0.3) is 0 Å². The van der Waals surface area contributed by atoms with Gasteiger partial charge in [0.1, 0.15) is 0 Å². The van der Waals surface area contributed by atoms with Crippen LogP contribution in [-0.2, 0) is 0 Å². The van der Waals surface area contributed by atoms with Gasteiger partial charge in [-0.05, 0) is 49.6 Å². The number of rotatable bonds is 7. The third kappa shape index (κ3) is 3.68. The van der Waals surface area contributed by atoms with Crippen molar-refractivity contribution in [1.29, 1.82) is 0 Å². The molecule has 1 unspecified atom stereocenters. The van der Waals surface area contributed by atoms with E-state index in [4.69, 9.17) is 0 Å². The third-order valence-corrected chi connectivity index (χ3v) is 4.63. The molecule has 1 saturated carbocycles. The summed E-state index contributed by atoms with van der Waals surface area (Å²) >= 11 is 1.90. The van der Waals surface area contributed by atoms with Crippen molar-refractivity contribution in [2.24, 2.45) is 5.92 Å². The van der Waals surface area contributed by atoms with Gasteiger partial charge in [-0.15, -0.1) is 17.9 Å². The molecule has 0 aromatic carbocycles. The van der Waals surface area contributed by atoms with Gasteiger partial charge in [-0.1, -0.05) is 25.0 Å². The zero-order valence-corrected chi connectivity index (χ0v) is 11.3. The van der Waals surface area contributed by atoms with E-state index >= 15 is 0 Å². The van der Waals surface area contributed by atoms with E-state index in [-0.39, 0.29) is 0 Å². The van der Waals surface area contributed by atoms with Crippen LogP contribution in [0.3, 0.4) is 0 Å². The summed E-state index contributed by atoms with van der Waals surface area (Å²) in [5.74, 6) is 0.859. The standard InChI is InChI=1S/C15H23NS/c1-2-3-6-11-16-15(13-8-4-5-9-13)14-10-7-12-17-14/h2,7,10,12-13,15-16H,1,3-6,8-9,11H2. The van der Waals surface area contributed by atoms with E-state index in [1.54, 1.807) is 0 Å². The molecule has 1 aromatic heterocycles. The molecule has 1 aliphatic rings. The maximum atomic E-state index is 3.78. The van der Waals surface area contributed by atoms with Gasteiger partial charge in [0, 0.05) is 10.9 Å². The fourth-order valence-electron chi connectivity index (χ4n) is 2.76. The minimum atomic E-state index is 0.599. The molecule has 1 fully saturated rings. The molecule has 1 heterocycles. The van der Waals surface area contributed by atoms with Crippen molar-refractivity contribution in [3.8, 4) is 0 Å². The van der Waals surface area contributed by atoms with E-state index < -0.39 is 0 Å². The highest BCUT2D eigenvalue weighted by Gasteiger charge is 2.26. The summed E-state index contributed by atoms with van der Waals surface area (Å²) in [7, 11) is 0. The van der Waals surface area contributed by atoms with Gasteiger partial charge in [0.2, 0.25) is 0 Å². The molecule has 0 bridgehead atoms. The van der Waals surface area contributed by atoms with Crippen LogP contribution in [0.5, 0.6) is 0 Å². The zero-order valence-electron chi connectivity index (χ0n) is 10.5. The van der Waals surface area contributed by atoms with Crippen molar-refractivity contribution in [1.82, 2.24) is 5.32 Å². The SMILES string of the molecule is C=CCCCNC(c1cccs1)C1CCCC1. The predicted molar refractivity (Wildman–Crippen MR) is 76.5 cm³/mol. The summed E-state index contributed by atoms with van der Waals surface area (Å²) in [6.45, 7) is 4.90. The summed E-state index contributed by atoms with van der Waals surface area (Å²) in [4.78, 5) is 1.52. The van der Waals surface area contributed by atoms with Gasteiger partial charge in [-0.25, -0.2) is 0 Å². The summed E-state index contributed by atoms with van der Waals surface area (Å²) in [5, 5.41) is 5.96. The topological polar surface area (TPSA) is 12.0 Å². The lowest BCUT2D eigenvalue weighted by Gasteiger charge is -2.23. The molecule has 1 aromatic rings. The van der Waals surface area contributed by atoms with Crippen molar-refractivity contribution in [2.45, 2.75) is 44.6 Å². The maximum absolute atomic E-state index is 3.78. The van der Waals surface area contributed by atoms with E-state index in [0.29, 0.717) is 6.04 Å². The van der Waals surface area contributed by atoms with Crippen molar-refractivity contribution >= 4 is 11.3 Å². The molecule has 17 heavy (non-hydrogen) atoms. The first-order chi connectivity index (χ1) is 8.42. The number of unbranched alkanes of at least 4 members (excludes halogenated alkanes) is 1. The normalized spacial score (nSPS) is 18.4. The molecule has 1 aliphatic carbocycles. The fourth-order valence-corrected chi connectivity index (χ4v) is 3.66. The van der Waals surface area contributed by atoms with Gasteiger partial charge < -0.3 is 5.32 Å². The van der Waals surface area contributed by atoms with Crippen LogP contribution in [0.1, 0.15) is 49.4 Å². The second-order valence-electron chi connectivity index (χ2n) is 4.92. The summed E-state index contributed by atoms with van der Waals surface area (Å²) in [6, 6.07) is 5.06. The lowest BCUT2D eigenvalue weighted by Crippen LogP contribution is -2.27. The Morgan fingerprint density at radius 3 is 2.94 bits per heavy atom. The lowest BCUT2D eigenvalue weighted by molar-refractivity contribution is 0.371. The molecule has 0 radical (unpaired) electrons. The highest BCUT2D eigenvalue weighted by molar-refractivity contribution is 7.10. The monoisotopic (exact) mass is 249 g/mol. The molecule has 1 nitrogen and oxygen atoms in total. The van der Waals surface area contributed by atoms with E-state index in [1.807, 2.05) is 17.4 Å². The summed E-state index contributed by atoms with van der Waals surface area (Å²) in [6.07, 6.45) is 9.97. The van der Waals surface area contributed by atoms with Crippen LogP contribution < -0.4 is 5.32 Å². The largest absolute Gasteiger partial charge is 0.309 e. The molecule has 0 aliphatic heterocycles. The Balaban J connectivity index is 1.90. The number of nitrogens with one attached hydrogen (secondary N) is 1. The van der Waals surface area contributed by atoms with Crippen LogP contribution in [-0.4, -0.2) is 6.54 Å². The highest BCUT2D eigenvalue weighted by Crippen LogP contribution is 2.37. The van der Waals surface area contributed by atoms with Crippen molar-refractivity contribution < 1.29 is 0 Å². The Morgan fingerprint density at radius 1 is 1.47 bits per heavy atom. The quantitative estimate of drug-likeness (QED) is 0.553. The molecule has 1 atom stereocenters. The van der Waals surface area contributed by atoms with Crippen LogP contribution >= 0.6 is 11.3 Å². The number of allylic oxidation sites excluding steroid dienone is 1. The van der Waals surface area contributed by atoms with Crippen LogP contribution in [0.4, 0.5) is 0 Å². The maximum Gasteiger partial charge on any atom is 0.0443 e. The highest BCUT2D eigenvalue weighted by atomic mass is 32.1. The summed E-state index contributed by atoms with van der Waals surface area (Å²) in [5.41, 5.74) is 0. The number of hydrogen-bond acceptors (Lipinski definition) is 2.